The number of benzene rings is 1. The average Bonchev–Trinajstić information content (AvgIpc) is 2.72. The van der Waals surface area contributed by atoms with Crippen LogP contribution >= 0.6 is 0 Å². The lowest BCUT2D eigenvalue weighted by molar-refractivity contribution is 0.476. The molecule has 0 amide bonds. The van der Waals surface area contributed by atoms with Crippen LogP contribution in [0.2, 0.25) is 0 Å². The van der Waals surface area contributed by atoms with E-state index in [4.69, 9.17) is 5.73 Å². The number of pyridine rings is 1. The van der Waals surface area contributed by atoms with Gasteiger partial charge < -0.3 is 10.8 Å². The molecule has 0 saturated carbocycles. The summed E-state index contributed by atoms with van der Waals surface area (Å²) in [5.41, 5.74) is 8.34. The van der Waals surface area contributed by atoms with Crippen LogP contribution in [0.15, 0.2) is 36.5 Å². The second-order valence-corrected chi connectivity index (χ2v) is 4.08. The molecular formula is C13H13N3O. The zero-order valence-electron chi connectivity index (χ0n) is 9.30. The Morgan fingerprint density at radius 2 is 2.06 bits per heavy atom. The summed E-state index contributed by atoms with van der Waals surface area (Å²) in [5, 5.41) is 10.6. The summed E-state index contributed by atoms with van der Waals surface area (Å²) in [6.07, 6.45) is 2.74. The normalized spacial score (nSPS) is 11.4. The zero-order chi connectivity index (χ0) is 11.8. The van der Waals surface area contributed by atoms with Gasteiger partial charge in [0, 0.05) is 18.7 Å². The monoisotopic (exact) mass is 227 g/mol. The molecule has 0 fully saturated rings. The molecule has 1 aromatic carbocycles. The summed E-state index contributed by atoms with van der Waals surface area (Å²) in [6.45, 7) is 0.590. The van der Waals surface area contributed by atoms with E-state index in [9.17, 15) is 5.11 Å². The second-order valence-electron chi connectivity index (χ2n) is 4.08. The van der Waals surface area contributed by atoms with E-state index in [1.54, 1.807) is 12.1 Å². The van der Waals surface area contributed by atoms with Gasteiger partial charge in [-0.3, -0.25) is 4.40 Å². The third-order valence-electron chi connectivity index (χ3n) is 2.87. The van der Waals surface area contributed by atoms with Crippen LogP contribution in [0.3, 0.4) is 0 Å². The minimum Gasteiger partial charge on any atom is -0.508 e. The molecule has 0 spiro atoms. The highest BCUT2D eigenvalue weighted by molar-refractivity contribution is 5.83. The van der Waals surface area contributed by atoms with Crippen LogP contribution < -0.4 is 5.73 Å². The molecule has 0 aliphatic heterocycles. The Kier molecular flexibility index (Phi) is 2.23. The fourth-order valence-corrected chi connectivity index (χ4v) is 2.07. The number of phenolic OH excluding ortho intramolecular Hbond substituents is 1. The first kappa shape index (κ1) is 10.1. The molecule has 0 saturated heterocycles. The lowest BCUT2D eigenvalue weighted by atomic mass is 10.2. The van der Waals surface area contributed by atoms with Crippen LogP contribution in [0.4, 0.5) is 0 Å². The maximum Gasteiger partial charge on any atom is 0.137 e. The predicted molar refractivity (Wildman–Crippen MR) is 67.1 cm³/mol. The van der Waals surface area contributed by atoms with Crippen molar-refractivity contribution in [2.45, 2.75) is 6.42 Å². The summed E-state index contributed by atoms with van der Waals surface area (Å²) < 4.78 is 1.99. The Hall–Kier alpha value is -2.07. The summed E-state index contributed by atoms with van der Waals surface area (Å²) in [5.74, 6) is 0.263. The Bertz CT molecular complexity index is 688. The van der Waals surface area contributed by atoms with E-state index in [1.165, 1.54) is 0 Å². The van der Waals surface area contributed by atoms with Crippen LogP contribution in [0.5, 0.6) is 5.75 Å². The standard InChI is InChI=1S/C13H13N3O/c14-6-5-10-8-16-12-7-11(17)3-1-9(12)2-4-13(16)15-10/h1-4,7-8,17H,5-6,14H2. The molecule has 3 aromatic rings. The number of imidazole rings is 1. The van der Waals surface area contributed by atoms with Gasteiger partial charge in [0.15, 0.2) is 0 Å². The van der Waals surface area contributed by atoms with Crippen molar-refractivity contribution in [3.63, 3.8) is 0 Å². The summed E-state index contributed by atoms with van der Waals surface area (Å²) in [7, 11) is 0. The van der Waals surface area contributed by atoms with Crippen molar-refractivity contribution in [1.82, 2.24) is 9.38 Å². The van der Waals surface area contributed by atoms with Crippen molar-refractivity contribution in [3.8, 4) is 5.75 Å². The third-order valence-corrected chi connectivity index (χ3v) is 2.87. The van der Waals surface area contributed by atoms with Crippen molar-refractivity contribution in [3.05, 3.63) is 42.2 Å². The average molecular weight is 227 g/mol. The Labute approximate surface area is 98.3 Å². The lowest BCUT2D eigenvalue weighted by Crippen LogP contribution is -2.02. The first-order chi connectivity index (χ1) is 8.28. The van der Waals surface area contributed by atoms with Gasteiger partial charge >= 0.3 is 0 Å². The van der Waals surface area contributed by atoms with Crippen molar-refractivity contribution in [2.24, 2.45) is 5.73 Å². The van der Waals surface area contributed by atoms with Gasteiger partial charge in [0.05, 0.1) is 11.2 Å². The van der Waals surface area contributed by atoms with Crippen molar-refractivity contribution in [1.29, 1.82) is 0 Å². The maximum atomic E-state index is 9.55. The topological polar surface area (TPSA) is 63.5 Å². The Balaban J connectivity index is 2.33. The maximum absolute atomic E-state index is 9.55. The molecule has 4 nitrogen and oxygen atoms in total. The number of aromatic nitrogens is 2. The number of nitrogens with zero attached hydrogens (tertiary/aromatic N) is 2. The molecule has 0 bridgehead atoms. The van der Waals surface area contributed by atoms with Gasteiger partial charge in [-0.05, 0) is 36.2 Å². The largest absolute Gasteiger partial charge is 0.508 e. The van der Waals surface area contributed by atoms with Gasteiger partial charge in [-0.2, -0.15) is 0 Å². The quantitative estimate of drug-likeness (QED) is 0.700. The number of nitrogens with two attached hydrogens (primary N) is 1. The van der Waals surface area contributed by atoms with Gasteiger partial charge in [-0.1, -0.05) is 0 Å². The van der Waals surface area contributed by atoms with Crippen molar-refractivity contribution < 1.29 is 5.11 Å². The fraction of sp³-hybridized carbons (Fsp3) is 0.154. The van der Waals surface area contributed by atoms with Crippen LogP contribution in [-0.2, 0) is 6.42 Å². The molecule has 3 rings (SSSR count). The Morgan fingerprint density at radius 1 is 1.24 bits per heavy atom. The SMILES string of the molecule is NCCc1cn2c(ccc3ccc(O)cc32)n1. The first-order valence-corrected chi connectivity index (χ1v) is 5.58. The van der Waals surface area contributed by atoms with E-state index < -0.39 is 0 Å². The van der Waals surface area contributed by atoms with Gasteiger partial charge in [-0.15, -0.1) is 0 Å². The van der Waals surface area contributed by atoms with Crippen molar-refractivity contribution >= 4 is 16.6 Å². The van der Waals surface area contributed by atoms with E-state index in [1.807, 2.05) is 28.8 Å². The van der Waals surface area contributed by atoms with E-state index in [2.05, 4.69) is 4.98 Å². The number of rotatable bonds is 2. The summed E-state index contributed by atoms with van der Waals surface area (Å²) in [4.78, 5) is 4.48. The highest BCUT2D eigenvalue weighted by Gasteiger charge is 2.05. The highest BCUT2D eigenvalue weighted by atomic mass is 16.3. The summed E-state index contributed by atoms with van der Waals surface area (Å²) in [6, 6.07) is 9.30. The van der Waals surface area contributed by atoms with Gasteiger partial charge in [0.25, 0.3) is 0 Å². The molecule has 0 aliphatic carbocycles. The summed E-state index contributed by atoms with van der Waals surface area (Å²) >= 11 is 0. The second kappa shape index (κ2) is 3.75. The van der Waals surface area contributed by atoms with Crippen LogP contribution in [0.1, 0.15) is 5.69 Å². The predicted octanol–water partition coefficient (Wildman–Crippen LogP) is 1.69. The van der Waals surface area contributed by atoms with E-state index in [-0.39, 0.29) is 5.75 Å². The fourth-order valence-electron chi connectivity index (χ4n) is 2.07. The van der Waals surface area contributed by atoms with Crippen LogP contribution in [-0.4, -0.2) is 21.0 Å². The number of hydrogen-bond acceptors (Lipinski definition) is 3. The minimum atomic E-state index is 0.263. The van der Waals surface area contributed by atoms with Crippen molar-refractivity contribution in [2.75, 3.05) is 6.54 Å². The van der Waals surface area contributed by atoms with E-state index in [0.29, 0.717) is 6.54 Å². The van der Waals surface area contributed by atoms with Crippen LogP contribution in [0, 0.1) is 0 Å². The van der Waals surface area contributed by atoms with E-state index >= 15 is 0 Å². The number of fused-ring (bicyclic) bond motifs is 3. The molecule has 17 heavy (non-hydrogen) atoms. The van der Waals surface area contributed by atoms with Gasteiger partial charge in [0.2, 0.25) is 0 Å². The molecular weight excluding hydrogens is 214 g/mol. The smallest absolute Gasteiger partial charge is 0.137 e. The lowest BCUT2D eigenvalue weighted by Gasteiger charge is -2.01. The molecule has 4 heteroatoms. The van der Waals surface area contributed by atoms with Gasteiger partial charge in [-0.25, -0.2) is 4.98 Å². The third kappa shape index (κ3) is 1.62. The van der Waals surface area contributed by atoms with Crippen LogP contribution in [0.25, 0.3) is 16.6 Å². The molecule has 0 atom stereocenters. The number of hydrogen-bond donors (Lipinski definition) is 2. The number of aromatic hydroxyl groups is 1. The molecule has 0 aliphatic rings. The molecule has 0 unspecified atom stereocenters. The minimum absolute atomic E-state index is 0.263. The molecule has 0 radical (unpaired) electrons. The molecule has 86 valence electrons. The number of phenols is 1. The highest BCUT2D eigenvalue weighted by Crippen LogP contribution is 2.21. The Morgan fingerprint density at radius 3 is 2.88 bits per heavy atom. The molecule has 2 heterocycles. The first-order valence-electron chi connectivity index (χ1n) is 5.58. The zero-order valence-corrected chi connectivity index (χ0v) is 9.30. The van der Waals surface area contributed by atoms with E-state index in [0.717, 1.165) is 28.7 Å². The van der Waals surface area contributed by atoms with Gasteiger partial charge in [0.1, 0.15) is 11.4 Å². The molecule has 3 N–H and O–H groups in total. The molecule has 2 aromatic heterocycles.